The average molecular weight is 266 g/mol. The summed E-state index contributed by atoms with van der Waals surface area (Å²) in [6.45, 7) is 0. The zero-order chi connectivity index (χ0) is 13.3. The molecule has 4 N–H and O–H groups in total. The van der Waals surface area contributed by atoms with Crippen molar-refractivity contribution in [2.24, 2.45) is 0 Å². The van der Waals surface area contributed by atoms with Crippen LogP contribution in [0, 0.1) is 5.82 Å². The summed E-state index contributed by atoms with van der Waals surface area (Å²) in [4.78, 5) is 15.9. The highest BCUT2D eigenvalue weighted by Crippen LogP contribution is 2.23. The molecule has 0 saturated heterocycles. The van der Waals surface area contributed by atoms with Gasteiger partial charge in [0, 0.05) is 11.8 Å². The van der Waals surface area contributed by atoms with E-state index in [4.69, 9.17) is 23.1 Å². The molecule has 0 fully saturated rings. The Morgan fingerprint density at radius 3 is 2.72 bits per heavy atom. The number of carbonyl (C=O) groups excluding carboxylic acids is 1. The zero-order valence-corrected chi connectivity index (χ0v) is 9.91. The first-order valence-electron chi connectivity index (χ1n) is 5.00. The molecule has 0 unspecified atom stereocenters. The fraction of sp³-hybridized carbons (Fsp3) is 0. The van der Waals surface area contributed by atoms with Crippen LogP contribution in [0.4, 0.5) is 15.9 Å². The van der Waals surface area contributed by atoms with E-state index in [0.717, 1.165) is 0 Å². The van der Waals surface area contributed by atoms with Crippen LogP contribution < -0.4 is 11.5 Å². The topological polar surface area (TPSA) is 82.0 Å². The lowest BCUT2D eigenvalue weighted by Crippen LogP contribution is -2.10. The smallest absolute Gasteiger partial charge is 0.198 e. The third-order valence-corrected chi connectivity index (χ3v) is 2.63. The van der Waals surface area contributed by atoms with Gasteiger partial charge >= 0.3 is 0 Å². The quantitative estimate of drug-likeness (QED) is 0.645. The Morgan fingerprint density at radius 2 is 2.00 bits per heavy atom. The highest BCUT2D eigenvalue weighted by molar-refractivity contribution is 6.31. The molecule has 1 aromatic heterocycles. The molecular weight excluding hydrogens is 257 g/mol. The van der Waals surface area contributed by atoms with Gasteiger partial charge in [0.1, 0.15) is 11.6 Å². The second-order valence-electron chi connectivity index (χ2n) is 3.62. The van der Waals surface area contributed by atoms with Crippen LogP contribution in [-0.4, -0.2) is 10.8 Å². The predicted octanol–water partition coefficient (Wildman–Crippen LogP) is 2.27. The van der Waals surface area contributed by atoms with Crippen LogP contribution in [0.3, 0.4) is 0 Å². The second-order valence-corrected chi connectivity index (χ2v) is 4.05. The van der Waals surface area contributed by atoms with Gasteiger partial charge < -0.3 is 11.5 Å². The molecule has 1 heterocycles. The number of benzene rings is 1. The van der Waals surface area contributed by atoms with E-state index in [1.54, 1.807) is 0 Å². The molecule has 2 aromatic rings. The number of pyridine rings is 1. The molecule has 18 heavy (non-hydrogen) atoms. The van der Waals surface area contributed by atoms with Crippen molar-refractivity contribution in [3.8, 4) is 0 Å². The van der Waals surface area contributed by atoms with E-state index >= 15 is 0 Å². The van der Waals surface area contributed by atoms with E-state index < -0.39 is 11.6 Å². The largest absolute Gasteiger partial charge is 0.396 e. The molecule has 0 bridgehead atoms. The number of nitrogens with two attached hydrogens (primary N) is 2. The Kier molecular flexibility index (Phi) is 3.16. The molecule has 4 nitrogen and oxygen atoms in total. The number of rotatable bonds is 2. The van der Waals surface area contributed by atoms with E-state index in [1.165, 1.54) is 30.5 Å². The van der Waals surface area contributed by atoms with Crippen molar-refractivity contribution in [1.29, 1.82) is 0 Å². The number of nitrogens with zero attached hydrogens (tertiary/aromatic N) is 1. The van der Waals surface area contributed by atoms with Crippen molar-refractivity contribution < 1.29 is 9.18 Å². The van der Waals surface area contributed by atoms with Crippen molar-refractivity contribution in [3.05, 3.63) is 52.4 Å². The molecule has 6 heteroatoms. The number of hydrogen-bond acceptors (Lipinski definition) is 4. The molecule has 2 rings (SSSR count). The van der Waals surface area contributed by atoms with Crippen LogP contribution in [0.25, 0.3) is 0 Å². The normalized spacial score (nSPS) is 10.3. The zero-order valence-electron chi connectivity index (χ0n) is 9.15. The number of halogens is 2. The fourth-order valence-corrected chi connectivity index (χ4v) is 1.67. The SMILES string of the molecule is Nc1ncc(Cl)cc1C(=O)c1cccc(F)c1N. The van der Waals surface area contributed by atoms with E-state index in [0.29, 0.717) is 0 Å². The van der Waals surface area contributed by atoms with Gasteiger partial charge in [-0.15, -0.1) is 0 Å². The van der Waals surface area contributed by atoms with Gasteiger partial charge in [-0.05, 0) is 18.2 Å². The van der Waals surface area contributed by atoms with Gasteiger partial charge in [-0.2, -0.15) is 0 Å². The number of hydrogen-bond donors (Lipinski definition) is 2. The van der Waals surface area contributed by atoms with Crippen LogP contribution in [0.1, 0.15) is 15.9 Å². The summed E-state index contributed by atoms with van der Waals surface area (Å²) in [5.41, 5.74) is 11.0. The predicted molar refractivity (Wildman–Crippen MR) is 67.9 cm³/mol. The van der Waals surface area contributed by atoms with Gasteiger partial charge in [-0.3, -0.25) is 4.79 Å². The van der Waals surface area contributed by atoms with E-state index in [1.807, 2.05) is 0 Å². The van der Waals surface area contributed by atoms with Crippen molar-refractivity contribution in [1.82, 2.24) is 4.98 Å². The third-order valence-electron chi connectivity index (χ3n) is 2.43. The number of para-hydroxylation sites is 1. The van der Waals surface area contributed by atoms with Gasteiger partial charge in [0.05, 0.1) is 16.3 Å². The molecule has 0 aliphatic rings. The number of ketones is 1. The maximum Gasteiger partial charge on any atom is 0.198 e. The Morgan fingerprint density at radius 1 is 1.28 bits per heavy atom. The third kappa shape index (κ3) is 2.12. The maximum atomic E-state index is 13.3. The number of nitrogen functional groups attached to an aromatic ring is 2. The molecule has 1 aromatic carbocycles. The monoisotopic (exact) mass is 265 g/mol. The van der Waals surface area contributed by atoms with Gasteiger partial charge in [0.15, 0.2) is 5.78 Å². The minimum absolute atomic E-state index is 0.0214. The van der Waals surface area contributed by atoms with Crippen LogP contribution in [0.15, 0.2) is 30.5 Å². The maximum absolute atomic E-state index is 13.3. The van der Waals surface area contributed by atoms with Crippen molar-refractivity contribution in [2.75, 3.05) is 11.5 Å². The van der Waals surface area contributed by atoms with E-state index in [9.17, 15) is 9.18 Å². The summed E-state index contributed by atoms with van der Waals surface area (Å²) >= 11 is 5.74. The molecule has 0 radical (unpaired) electrons. The van der Waals surface area contributed by atoms with E-state index in [-0.39, 0.29) is 27.7 Å². The molecule has 0 spiro atoms. The molecule has 0 atom stereocenters. The highest BCUT2D eigenvalue weighted by atomic mass is 35.5. The lowest BCUT2D eigenvalue weighted by molar-refractivity contribution is 0.104. The van der Waals surface area contributed by atoms with E-state index in [2.05, 4.69) is 4.98 Å². The molecule has 0 amide bonds. The van der Waals surface area contributed by atoms with Gasteiger partial charge in [0.2, 0.25) is 0 Å². The first kappa shape index (κ1) is 12.3. The van der Waals surface area contributed by atoms with Gasteiger partial charge in [-0.25, -0.2) is 9.37 Å². The van der Waals surface area contributed by atoms with Crippen LogP contribution in [-0.2, 0) is 0 Å². The van der Waals surface area contributed by atoms with Crippen molar-refractivity contribution in [2.45, 2.75) is 0 Å². The van der Waals surface area contributed by atoms with Crippen LogP contribution in [0.2, 0.25) is 5.02 Å². The molecule has 0 aliphatic carbocycles. The Hall–Kier alpha value is -2.14. The first-order chi connectivity index (χ1) is 8.50. The first-order valence-corrected chi connectivity index (χ1v) is 5.38. The Labute approximate surface area is 107 Å². The Balaban J connectivity index is 2.55. The summed E-state index contributed by atoms with van der Waals surface area (Å²) in [7, 11) is 0. The molecule has 92 valence electrons. The van der Waals surface area contributed by atoms with Crippen molar-refractivity contribution in [3.63, 3.8) is 0 Å². The van der Waals surface area contributed by atoms with Crippen molar-refractivity contribution >= 4 is 28.9 Å². The minimum atomic E-state index is -0.658. The highest BCUT2D eigenvalue weighted by Gasteiger charge is 2.18. The van der Waals surface area contributed by atoms with Gasteiger partial charge in [0.25, 0.3) is 0 Å². The number of aromatic nitrogens is 1. The summed E-state index contributed by atoms with van der Waals surface area (Å²) < 4.78 is 13.3. The molecule has 0 aliphatic heterocycles. The van der Waals surface area contributed by atoms with Gasteiger partial charge in [-0.1, -0.05) is 17.7 Å². The number of carbonyl (C=O) groups is 1. The fourth-order valence-electron chi connectivity index (χ4n) is 1.51. The average Bonchev–Trinajstić information content (AvgIpc) is 2.35. The summed E-state index contributed by atoms with van der Waals surface area (Å²) in [6.07, 6.45) is 1.32. The molecular formula is C12H9ClFN3O. The van der Waals surface area contributed by atoms with Crippen LogP contribution >= 0.6 is 11.6 Å². The summed E-state index contributed by atoms with van der Waals surface area (Å²) in [6, 6.07) is 5.36. The summed E-state index contributed by atoms with van der Waals surface area (Å²) in [5, 5.41) is 0.266. The minimum Gasteiger partial charge on any atom is -0.396 e. The second kappa shape index (κ2) is 4.62. The summed E-state index contributed by atoms with van der Waals surface area (Å²) in [5.74, 6) is -1.15. The lowest BCUT2D eigenvalue weighted by Gasteiger charge is -2.07. The molecule has 0 saturated carbocycles. The van der Waals surface area contributed by atoms with Crippen LogP contribution in [0.5, 0.6) is 0 Å². The lowest BCUT2D eigenvalue weighted by atomic mass is 10.0. The standard InChI is InChI=1S/C12H9ClFN3O/c13-6-4-8(12(16)17-5-6)11(18)7-2-1-3-9(14)10(7)15/h1-5H,15H2,(H2,16,17). The Bertz CT molecular complexity index is 627. The number of anilines is 2.